The lowest BCUT2D eigenvalue weighted by Crippen LogP contribution is -1.56. The summed E-state index contributed by atoms with van der Waals surface area (Å²) < 4.78 is 1.32. The van der Waals surface area contributed by atoms with E-state index >= 15 is 0 Å². The average molecular weight is 317 g/mol. The molecule has 0 saturated heterocycles. The Kier molecular flexibility index (Phi) is 5.83. The van der Waals surface area contributed by atoms with Crippen LogP contribution in [0.3, 0.4) is 0 Å². The summed E-state index contributed by atoms with van der Waals surface area (Å²) in [4.78, 5) is 0. The van der Waals surface area contributed by atoms with Crippen LogP contribution in [0.2, 0.25) is 0 Å². The molecule has 1 heterocycles. The highest BCUT2D eigenvalue weighted by molar-refractivity contribution is 9.47. The Morgan fingerprint density at radius 2 is 1.92 bits per heavy atom. The van der Waals surface area contributed by atoms with Gasteiger partial charge in [-0.3, -0.25) is 25.8 Å². The van der Waals surface area contributed by atoms with Gasteiger partial charge in [0.05, 0.1) is 0 Å². The highest BCUT2D eigenvalue weighted by Crippen LogP contribution is 2.18. The average Bonchev–Trinajstić information content (AvgIpc) is 2.52. The number of hydrogen-bond donors (Lipinski definition) is 0. The van der Waals surface area contributed by atoms with Gasteiger partial charge < -0.3 is 0 Å². The molecular weight excluding hydrogens is 312 g/mol. The first-order chi connectivity index (χ1) is 5.88. The van der Waals surface area contributed by atoms with Gasteiger partial charge in [0.25, 0.3) is 0 Å². The van der Waals surface area contributed by atoms with Crippen LogP contribution in [0.25, 0.3) is 10.1 Å². The molecule has 0 fully saturated rings. The number of halogens is 2. The van der Waals surface area contributed by atoms with Crippen molar-refractivity contribution < 1.29 is 0 Å². The van der Waals surface area contributed by atoms with Crippen molar-refractivity contribution in [1.29, 1.82) is 0 Å². The molecule has 0 aliphatic rings. The molecule has 0 nitrogen and oxygen atoms in total. The van der Waals surface area contributed by atoms with Gasteiger partial charge >= 0.3 is 16.0 Å². The molecule has 1 radical (unpaired) electrons. The maximum absolute atomic E-state index is 3.20. The molecule has 0 saturated carbocycles. The highest BCUT2D eigenvalue weighted by atomic mass is 79.9. The fraction of sp³-hybridized carbons (Fsp3) is 0. The van der Waals surface area contributed by atoms with Crippen molar-refractivity contribution in [2.24, 2.45) is 0 Å². The lowest BCUT2D eigenvalue weighted by Gasteiger charge is -1.81. The predicted octanol–water partition coefficient (Wildman–Crippen LogP) is 4.01. The number of rotatable bonds is 0. The third-order valence-electron chi connectivity index (χ3n) is 1.29. The van der Waals surface area contributed by atoms with Gasteiger partial charge in [0, 0.05) is 16.2 Å². The van der Waals surface area contributed by atoms with E-state index in [2.05, 4.69) is 44.0 Å². The van der Waals surface area contributed by atoms with E-state index in [4.69, 9.17) is 0 Å². The van der Waals surface area contributed by atoms with E-state index in [0.29, 0.717) is 0 Å². The Bertz CT molecular complexity index is 304. The van der Waals surface area contributed by atoms with E-state index in [1.807, 2.05) is 17.5 Å². The van der Waals surface area contributed by atoms with Crippen molar-refractivity contribution in [3.8, 4) is 0 Å². The molecule has 0 N–H and O–H groups in total. The van der Waals surface area contributed by atoms with Crippen molar-refractivity contribution in [2.45, 2.75) is 0 Å². The Morgan fingerprint density at radius 1 is 1.25 bits per heavy atom. The van der Waals surface area contributed by atoms with Gasteiger partial charge in [0.1, 0.15) is 0 Å². The first-order valence-corrected chi connectivity index (χ1v) is 12.0. The van der Waals surface area contributed by atoms with Gasteiger partial charge in [-0.1, -0.05) is 18.2 Å². The number of thiophene rings is 1. The summed E-state index contributed by atoms with van der Waals surface area (Å²) in [5.74, 6) is 0. The third kappa shape index (κ3) is 3.34. The van der Waals surface area contributed by atoms with Crippen molar-refractivity contribution in [3.63, 3.8) is 0 Å². The van der Waals surface area contributed by atoms with Crippen LogP contribution in [0.5, 0.6) is 0 Å². The first kappa shape index (κ1) is 11.0. The zero-order valence-electron chi connectivity index (χ0n) is 6.26. The van der Waals surface area contributed by atoms with Crippen LogP contribution >= 0.6 is 37.1 Å². The second kappa shape index (κ2) is 6.37. The van der Waals surface area contributed by atoms with Gasteiger partial charge in [0.2, 0.25) is 0 Å². The quantitative estimate of drug-likeness (QED) is 0.644. The van der Waals surface area contributed by atoms with E-state index in [0.717, 1.165) is 0 Å². The van der Waals surface area contributed by atoms with Gasteiger partial charge in [-0.15, -0.1) is 11.3 Å². The molecule has 1 aromatic carbocycles. The normalized spacial score (nSPS) is 8.50. The van der Waals surface area contributed by atoms with Crippen LogP contribution in [0.1, 0.15) is 0 Å². The second-order valence-corrected chi connectivity index (χ2v) is 11.0. The van der Waals surface area contributed by atoms with Gasteiger partial charge in [-0.05, 0) is 11.4 Å². The number of fused-ring (bicyclic) bond motifs is 1. The summed E-state index contributed by atoms with van der Waals surface area (Å²) in [5, 5.41) is 3.22. The molecule has 0 unspecified atom stereocenters. The Balaban J connectivity index is 0.000000213. The summed E-state index contributed by atoms with van der Waals surface area (Å²) >= 11 is 8.18. The molecule has 0 aliphatic heterocycles. The molecule has 0 spiro atoms. The van der Waals surface area contributed by atoms with Crippen LogP contribution in [0.15, 0.2) is 29.6 Å². The van der Waals surface area contributed by atoms with E-state index in [1.165, 1.54) is 10.1 Å². The van der Waals surface area contributed by atoms with Crippen LogP contribution in [-0.2, 0) is 0 Å². The van der Waals surface area contributed by atoms with Crippen molar-refractivity contribution in [2.75, 3.05) is 0 Å². The molecular formula is C8H5Br2MgS. The molecule has 12 heavy (non-hydrogen) atoms. The topological polar surface area (TPSA) is 0 Å². The highest BCUT2D eigenvalue weighted by Gasteiger charge is 1.88. The van der Waals surface area contributed by atoms with Crippen LogP contribution in [0, 0.1) is 6.07 Å². The van der Waals surface area contributed by atoms with Gasteiger partial charge in [-0.2, -0.15) is 0 Å². The molecule has 0 amide bonds. The fourth-order valence-corrected chi connectivity index (χ4v) is 1.57. The maximum Gasteiger partial charge on any atom is 0.560 e. The SMILES string of the molecule is [Br][Mg][Br].[c]1csc2ccccc12. The maximum atomic E-state index is 3.20. The smallest absolute Gasteiger partial charge is 0.280 e. The second-order valence-electron chi connectivity index (χ2n) is 1.98. The third-order valence-corrected chi connectivity index (χ3v) is 2.13. The first-order valence-electron chi connectivity index (χ1n) is 3.34. The summed E-state index contributed by atoms with van der Waals surface area (Å²) in [7, 11) is 0. The molecule has 0 aliphatic carbocycles. The van der Waals surface area contributed by atoms with Crippen LogP contribution in [-0.4, -0.2) is 16.0 Å². The van der Waals surface area contributed by atoms with Crippen LogP contribution < -0.4 is 0 Å². The predicted molar refractivity (Wildman–Crippen MR) is 64.3 cm³/mol. The van der Waals surface area contributed by atoms with Crippen molar-refractivity contribution in [3.05, 3.63) is 35.7 Å². The van der Waals surface area contributed by atoms with E-state index < -0.39 is 0 Å². The zero-order chi connectivity index (χ0) is 8.81. The summed E-state index contributed by atoms with van der Waals surface area (Å²) in [5.41, 5.74) is 0. The molecule has 4 heteroatoms. The molecule has 0 bridgehead atoms. The minimum atomic E-state index is 0.0417. The monoisotopic (exact) mass is 315 g/mol. The van der Waals surface area contributed by atoms with E-state index in [-0.39, 0.29) is 16.0 Å². The largest absolute Gasteiger partial charge is 0.560 e. The summed E-state index contributed by atoms with van der Waals surface area (Å²) in [6.07, 6.45) is 0. The minimum Gasteiger partial charge on any atom is -0.280 e. The lowest BCUT2D eigenvalue weighted by molar-refractivity contribution is 1.85. The van der Waals surface area contributed by atoms with E-state index in [1.54, 1.807) is 11.3 Å². The lowest BCUT2D eigenvalue weighted by atomic mass is 10.3. The molecule has 59 valence electrons. The van der Waals surface area contributed by atoms with Gasteiger partial charge in [-0.25, -0.2) is 0 Å². The van der Waals surface area contributed by atoms with Gasteiger partial charge in [0.15, 0.2) is 0 Å². The fourth-order valence-electron chi connectivity index (χ4n) is 0.845. The Hall–Kier alpha value is 0.906. The van der Waals surface area contributed by atoms with Crippen molar-refractivity contribution in [1.82, 2.24) is 0 Å². The van der Waals surface area contributed by atoms with Crippen molar-refractivity contribution >= 4 is 63.2 Å². The Morgan fingerprint density at radius 3 is 2.58 bits per heavy atom. The molecule has 2 rings (SSSR count). The standard InChI is InChI=1S/C8H5S.2BrH.Mg/c1-2-4-8-7(3-1)5-6-9-8;;;/h1-4,6H;2*1H;/q;;;+2/p-2. The van der Waals surface area contributed by atoms with Crippen LogP contribution in [0.4, 0.5) is 0 Å². The number of hydrogen-bond acceptors (Lipinski definition) is 1. The zero-order valence-corrected chi connectivity index (χ0v) is 11.7. The Labute approximate surface area is 97.8 Å². The summed E-state index contributed by atoms with van der Waals surface area (Å²) in [6, 6.07) is 11.4. The minimum absolute atomic E-state index is 0.0417. The number of benzene rings is 1. The van der Waals surface area contributed by atoms with E-state index in [9.17, 15) is 0 Å². The summed E-state index contributed by atoms with van der Waals surface area (Å²) in [6.45, 7) is 0. The molecule has 0 atom stereocenters. The molecule has 1 aromatic heterocycles. The molecule has 2 aromatic rings.